The Morgan fingerprint density at radius 2 is 1.86 bits per heavy atom. The quantitative estimate of drug-likeness (QED) is 0.800. The summed E-state index contributed by atoms with van der Waals surface area (Å²) in [5.41, 5.74) is 9.82. The third kappa shape index (κ3) is 2.45. The Kier molecular flexibility index (Phi) is 3.31. The fourth-order valence-electron chi connectivity index (χ4n) is 2.30. The number of nitrogens with zero attached hydrogens (tertiary/aromatic N) is 4. The number of hydrogen-bond acceptors (Lipinski definition) is 4. The molecular weight excluding hydrogens is 262 g/mol. The molecule has 2 N–H and O–H groups in total. The first-order valence-corrected chi connectivity index (χ1v) is 6.68. The summed E-state index contributed by atoms with van der Waals surface area (Å²) >= 11 is 0. The Balaban J connectivity index is 2.14. The van der Waals surface area contributed by atoms with Crippen LogP contribution in [0.1, 0.15) is 0 Å². The van der Waals surface area contributed by atoms with Crippen molar-refractivity contribution in [1.82, 2.24) is 14.5 Å². The van der Waals surface area contributed by atoms with Gasteiger partial charge in [-0.15, -0.1) is 0 Å². The van der Waals surface area contributed by atoms with Crippen molar-refractivity contribution < 1.29 is 0 Å². The maximum Gasteiger partial charge on any atom is 0.123 e. The molecule has 0 bridgehead atoms. The molecular formula is C16H17N5. The smallest absolute Gasteiger partial charge is 0.123 e. The first-order chi connectivity index (χ1) is 10.2. The summed E-state index contributed by atoms with van der Waals surface area (Å²) in [6.45, 7) is 0. The highest BCUT2D eigenvalue weighted by Crippen LogP contribution is 2.28. The number of nitrogen functional groups attached to an aromatic ring is 1. The predicted octanol–water partition coefficient (Wildman–Crippen LogP) is 2.58. The zero-order chi connectivity index (χ0) is 14.8. The van der Waals surface area contributed by atoms with Gasteiger partial charge in [0.25, 0.3) is 0 Å². The van der Waals surface area contributed by atoms with Crippen LogP contribution in [0.25, 0.3) is 16.9 Å². The van der Waals surface area contributed by atoms with Gasteiger partial charge in [-0.2, -0.15) is 0 Å². The Bertz CT molecular complexity index is 743. The van der Waals surface area contributed by atoms with Gasteiger partial charge in [-0.05, 0) is 24.3 Å². The maximum atomic E-state index is 5.65. The number of anilines is 2. The molecule has 0 atom stereocenters. The molecule has 0 saturated heterocycles. The molecule has 0 unspecified atom stereocenters. The first-order valence-electron chi connectivity index (χ1n) is 6.68. The van der Waals surface area contributed by atoms with Crippen LogP contribution in [0.5, 0.6) is 0 Å². The lowest BCUT2D eigenvalue weighted by Gasteiger charge is -2.19. The molecule has 0 radical (unpaired) electrons. The molecule has 0 saturated carbocycles. The lowest BCUT2D eigenvalue weighted by atomic mass is 10.2. The molecule has 5 nitrogen and oxygen atoms in total. The summed E-state index contributed by atoms with van der Waals surface area (Å²) < 4.78 is 2.06. The molecule has 0 aliphatic rings. The van der Waals surface area contributed by atoms with Gasteiger partial charge in [0, 0.05) is 25.9 Å². The first kappa shape index (κ1) is 13.2. The van der Waals surface area contributed by atoms with Gasteiger partial charge < -0.3 is 10.6 Å². The minimum absolute atomic E-state index is 0.513. The van der Waals surface area contributed by atoms with E-state index < -0.39 is 0 Å². The Hall–Kier alpha value is -2.82. The van der Waals surface area contributed by atoms with E-state index in [0.717, 1.165) is 22.6 Å². The van der Waals surface area contributed by atoms with Crippen molar-refractivity contribution in [3.63, 3.8) is 0 Å². The van der Waals surface area contributed by atoms with Gasteiger partial charge in [0.15, 0.2) is 0 Å². The van der Waals surface area contributed by atoms with Crippen LogP contribution < -0.4 is 10.6 Å². The fourth-order valence-corrected chi connectivity index (χ4v) is 2.30. The van der Waals surface area contributed by atoms with Crippen molar-refractivity contribution in [2.24, 2.45) is 0 Å². The van der Waals surface area contributed by atoms with Crippen molar-refractivity contribution in [2.75, 3.05) is 24.7 Å². The van der Waals surface area contributed by atoms with E-state index in [1.165, 1.54) is 0 Å². The van der Waals surface area contributed by atoms with Gasteiger partial charge in [0.2, 0.25) is 0 Å². The highest BCUT2D eigenvalue weighted by atomic mass is 15.1. The fraction of sp³-hybridized carbons (Fsp3) is 0.125. The van der Waals surface area contributed by atoms with Gasteiger partial charge in [-0.1, -0.05) is 12.1 Å². The topological polar surface area (TPSA) is 60.0 Å². The zero-order valence-electron chi connectivity index (χ0n) is 12.1. The minimum Gasteiger partial charge on any atom is -0.384 e. The van der Waals surface area contributed by atoms with E-state index in [9.17, 15) is 0 Å². The SMILES string of the molecule is CN(C)c1ccccc1-n1cncc1-c1ccc(N)nc1. The lowest BCUT2D eigenvalue weighted by Crippen LogP contribution is -2.12. The number of hydrogen-bond donors (Lipinski definition) is 1. The second-order valence-electron chi connectivity index (χ2n) is 5.00. The number of para-hydroxylation sites is 2. The molecule has 2 aromatic heterocycles. The third-order valence-electron chi connectivity index (χ3n) is 3.34. The second-order valence-corrected chi connectivity index (χ2v) is 5.00. The number of pyridine rings is 1. The van der Waals surface area contributed by atoms with Crippen molar-refractivity contribution in [2.45, 2.75) is 0 Å². The lowest BCUT2D eigenvalue weighted by molar-refractivity contribution is 1.03. The van der Waals surface area contributed by atoms with Gasteiger partial charge in [0.05, 0.1) is 29.6 Å². The summed E-state index contributed by atoms with van der Waals surface area (Å²) in [5, 5.41) is 0. The van der Waals surface area contributed by atoms with E-state index in [0.29, 0.717) is 5.82 Å². The number of nitrogens with two attached hydrogens (primary N) is 1. The average Bonchev–Trinajstić information content (AvgIpc) is 2.97. The summed E-state index contributed by atoms with van der Waals surface area (Å²) in [7, 11) is 4.06. The normalized spacial score (nSPS) is 10.6. The molecule has 1 aromatic carbocycles. The van der Waals surface area contributed by atoms with Gasteiger partial charge in [0.1, 0.15) is 5.82 Å². The Morgan fingerprint density at radius 3 is 2.57 bits per heavy atom. The molecule has 0 spiro atoms. The predicted molar refractivity (Wildman–Crippen MR) is 85.5 cm³/mol. The highest BCUT2D eigenvalue weighted by molar-refractivity contribution is 5.68. The standard InChI is InChI=1S/C16H17N5/c1-20(2)13-5-3-4-6-14(13)21-11-18-10-15(21)12-7-8-16(17)19-9-12/h3-11H,1-2H3,(H2,17,19). The van der Waals surface area contributed by atoms with E-state index in [4.69, 9.17) is 5.73 Å². The van der Waals surface area contributed by atoms with Crippen LogP contribution in [0.3, 0.4) is 0 Å². The highest BCUT2D eigenvalue weighted by Gasteiger charge is 2.11. The van der Waals surface area contributed by atoms with Crippen molar-refractivity contribution in [3.8, 4) is 16.9 Å². The number of aromatic nitrogens is 3. The molecule has 0 amide bonds. The van der Waals surface area contributed by atoms with Crippen LogP contribution in [0, 0.1) is 0 Å². The van der Waals surface area contributed by atoms with Gasteiger partial charge >= 0.3 is 0 Å². The molecule has 0 aliphatic heterocycles. The summed E-state index contributed by atoms with van der Waals surface area (Å²) in [6.07, 6.45) is 5.41. The van der Waals surface area contributed by atoms with E-state index in [1.54, 1.807) is 12.3 Å². The molecule has 5 heteroatoms. The van der Waals surface area contributed by atoms with E-state index in [1.807, 2.05) is 44.8 Å². The van der Waals surface area contributed by atoms with Gasteiger partial charge in [-0.25, -0.2) is 9.97 Å². The third-order valence-corrected chi connectivity index (χ3v) is 3.34. The van der Waals surface area contributed by atoms with Crippen molar-refractivity contribution >= 4 is 11.5 Å². The summed E-state index contributed by atoms with van der Waals surface area (Å²) in [5.74, 6) is 0.513. The monoisotopic (exact) mass is 279 g/mol. The zero-order valence-corrected chi connectivity index (χ0v) is 12.1. The van der Waals surface area contributed by atoms with Crippen LogP contribution in [-0.2, 0) is 0 Å². The van der Waals surface area contributed by atoms with E-state index in [-0.39, 0.29) is 0 Å². The van der Waals surface area contributed by atoms with E-state index >= 15 is 0 Å². The molecule has 3 aromatic rings. The van der Waals surface area contributed by atoms with Crippen LogP contribution in [0.2, 0.25) is 0 Å². The van der Waals surface area contributed by atoms with Gasteiger partial charge in [-0.3, -0.25) is 4.57 Å². The molecule has 0 fully saturated rings. The average molecular weight is 279 g/mol. The molecule has 106 valence electrons. The number of benzene rings is 1. The Morgan fingerprint density at radius 1 is 1.05 bits per heavy atom. The van der Waals surface area contributed by atoms with E-state index in [2.05, 4.69) is 31.6 Å². The second kappa shape index (κ2) is 5.28. The summed E-state index contributed by atoms with van der Waals surface area (Å²) in [4.78, 5) is 10.5. The molecule has 21 heavy (non-hydrogen) atoms. The molecule has 3 rings (SSSR count). The van der Waals surface area contributed by atoms with Crippen LogP contribution >= 0.6 is 0 Å². The summed E-state index contributed by atoms with van der Waals surface area (Å²) in [6, 6.07) is 12.0. The Labute approximate surface area is 123 Å². The van der Waals surface area contributed by atoms with Crippen LogP contribution in [0.4, 0.5) is 11.5 Å². The minimum atomic E-state index is 0.513. The molecule has 2 heterocycles. The van der Waals surface area contributed by atoms with Crippen molar-refractivity contribution in [1.29, 1.82) is 0 Å². The number of rotatable bonds is 3. The van der Waals surface area contributed by atoms with Crippen LogP contribution in [0.15, 0.2) is 55.1 Å². The maximum absolute atomic E-state index is 5.65. The van der Waals surface area contributed by atoms with Crippen molar-refractivity contribution in [3.05, 3.63) is 55.1 Å². The van der Waals surface area contributed by atoms with Crippen LogP contribution in [-0.4, -0.2) is 28.6 Å². The largest absolute Gasteiger partial charge is 0.384 e. The molecule has 0 aliphatic carbocycles. The number of imidazole rings is 1.